The molecule has 1 aromatic carbocycles. The Bertz CT molecular complexity index is 1240. The van der Waals surface area contributed by atoms with Gasteiger partial charge in [-0.1, -0.05) is 0 Å². The van der Waals surface area contributed by atoms with E-state index >= 15 is 0 Å². The lowest BCUT2D eigenvalue weighted by atomic mass is 9.67. The van der Waals surface area contributed by atoms with Crippen molar-refractivity contribution in [1.29, 1.82) is 0 Å². The zero-order valence-corrected chi connectivity index (χ0v) is 18.4. The molecule has 2 amide bonds. The Balaban J connectivity index is 1.31. The van der Waals surface area contributed by atoms with Crippen LogP contribution in [0.5, 0.6) is 0 Å². The summed E-state index contributed by atoms with van der Waals surface area (Å²) in [6, 6.07) is 7.19. The van der Waals surface area contributed by atoms with Gasteiger partial charge in [0.15, 0.2) is 5.78 Å². The largest absolute Gasteiger partial charge is 0.364 e. The van der Waals surface area contributed by atoms with Crippen LogP contribution >= 0.6 is 0 Å². The minimum absolute atomic E-state index is 0.0287. The average Bonchev–Trinajstić information content (AvgIpc) is 3.37. The zero-order chi connectivity index (χ0) is 22.6. The third kappa shape index (κ3) is 3.30. The molecule has 0 atom stereocenters. The van der Waals surface area contributed by atoms with E-state index in [0.717, 1.165) is 41.4 Å². The number of hydrogen-bond acceptors (Lipinski definition) is 4. The van der Waals surface area contributed by atoms with Crippen molar-refractivity contribution < 1.29 is 14.4 Å². The number of nitrogens with one attached hydrogen (secondary N) is 1. The van der Waals surface area contributed by atoms with Gasteiger partial charge in [0.2, 0.25) is 0 Å². The first kappa shape index (κ1) is 20.5. The van der Waals surface area contributed by atoms with Crippen LogP contribution in [0.1, 0.15) is 76.1 Å². The van der Waals surface area contributed by atoms with Crippen LogP contribution in [0.25, 0.3) is 10.9 Å². The molecule has 2 aliphatic rings. The third-order valence-corrected chi connectivity index (χ3v) is 6.97. The molecular formula is C24H27N5O3. The number of likely N-dealkylation sites (tertiary alicyclic amines) is 1. The molecule has 1 aliphatic heterocycles. The van der Waals surface area contributed by atoms with Gasteiger partial charge in [0.05, 0.1) is 6.20 Å². The van der Waals surface area contributed by atoms with Crippen LogP contribution in [0.3, 0.4) is 0 Å². The van der Waals surface area contributed by atoms with Crippen LogP contribution < -0.4 is 5.73 Å². The second-order valence-electron chi connectivity index (χ2n) is 9.47. The summed E-state index contributed by atoms with van der Waals surface area (Å²) in [6.45, 7) is 5.32. The number of amides is 2. The molecule has 1 aliphatic carbocycles. The number of hydrogen-bond donors (Lipinski definition) is 2. The van der Waals surface area contributed by atoms with Crippen molar-refractivity contribution in [2.45, 2.75) is 45.6 Å². The van der Waals surface area contributed by atoms with E-state index in [0.29, 0.717) is 30.8 Å². The summed E-state index contributed by atoms with van der Waals surface area (Å²) in [5, 5.41) is 5.23. The number of fused-ring (bicyclic) bond motifs is 2. The number of rotatable bonds is 3. The lowest BCUT2D eigenvalue weighted by Gasteiger charge is -2.43. The van der Waals surface area contributed by atoms with Gasteiger partial charge >= 0.3 is 0 Å². The highest BCUT2D eigenvalue weighted by Gasteiger charge is 2.43. The number of benzene rings is 1. The van der Waals surface area contributed by atoms with Crippen molar-refractivity contribution in [3.8, 4) is 0 Å². The van der Waals surface area contributed by atoms with Crippen molar-refractivity contribution in [3.63, 3.8) is 0 Å². The lowest BCUT2D eigenvalue weighted by molar-refractivity contribution is 0.0517. The topological polar surface area (TPSA) is 114 Å². The highest BCUT2D eigenvalue weighted by Crippen LogP contribution is 2.44. The molecule has 32 heavy (non-hydrogen) atoms. The summed E-state index contributed by atoms with van der Waals surface area (Å²) in [7, 11) is 0. The number of H-pyrrole nitrogens is 1. The Morgan fingerprint density at radius 2 is 1.91 bits per heavy atom. The fourth-order valence-electron chi connectivity index (χ4n) is 5.24. The summed E-state index contributed by atoms with van der Waals surface area (Å²) < 4.78 is 1.84. The molecule has 0 saturated carbocycles. The molecule has 1 saturated heterocycles. The number of ketones is 1. The Morgan fingerprint density at radius 1 is 1.16 bits per heavy atom. The summed E-state index contributed by atoms with van der Waals surface area (Å²) in [5.41, 5.74) is 8.74. The first-order valence-electron chi connectivity index (χ1n) is 11.1. The van der Waals surface area contributed by atoms with Crippen LogP contribution in [0, 0.1) is 5.41 Å². The van der Waals surface area contributed by atoms with Crippen LogP contribution in [0.2, 0.25) is 0 Å². The van der Waals surface area contributed by atoms with E-state index < -0.39 is 5.91 Å². The van der Waals surface area contributed by atoms with Crippen molar-refractivity contribution >= 4 is 28.5 Å². The van der Waals surface area contributed by atoms with Crippen molar-refractivity contribution in [1.82, 2.24) is 19.7 Å². The van der Waals surface area contributed by atoms with Gasteiger partial charge in [0, 0.05) is 47.6 Å². The van der Waals surface area contributed by atoms with E-state index in [9.17, 15) is 14.4 Å². The predicted molar refractivity (Wildman–Crippen MR) is 120 cm³/mol. The van der Waals surface area contributed by atoms with Gasteiger partial charge < -0.3 is 15.6 Å². The average molecular weight is 434 g/mol. The first-order valence-corrected chi connectivity index (χ1v) is 11.1. The number of nitrogens with two attached hydrogens (primary N) is 1. The molecule has 1 fully saturated rings. The number of piperidine rings is 1. The summed E-state index contributed by atoms with van der Waals surface area (Å²) in [6.07, 6.45) is 4.81. The molecule has 5 rings (SSSR count). The van der Waals surface area contributed by atoms with E-state index in [1.54, 1.807) is 24.3 Å². The van der Waals surface area contributed by atoms with E-state index in [1.165, 1.54) is 0 Å². The lowest BCUT2D eigenvalue weighted by Crippen LogP contribution is -2.46. The summed E-state index contributed by atoms with van der Waals surface area (Å²) >= 11 is 0. The maximum Gasteiger partial charge on any atom is 0.265 e. The number of primary amides is 1. The minimum atomic E-state index is -0.528. The standard InChI is InChI=1S/C24H27N5O3/c1-14(2)29-21-17(13-26-29)11-24(12-20(21)30)5-7-28(8-6-24)23(32)15-3-4-18-16(9-15)10-19(27-18)22(25)31/h3-4,9-10,13-14,27H,5-8,11-12H2,1-2H3,(H2,25,31). The Labute approximate surface area is 185 Å². The van der Waals surface area contributed by atoms with Gasteiger partial charge in [-0.3, -0.25) is 19.1 Å². The monoisotopic (exact) mass is 433 g/mol. The van der Waals surface area contributed by atoms with E-state index in [1.807, 2.05) is 29.6 Å². The van der Waals surface area contributed by atoms with Crippen molar-refractivity contribution in [2.75, 3.05) is 13.1 Å². The molecule has 8 heteroatoms. The number of carbonyl (C=O) groups excluding carboxylic acids is 3. The SMILES string of the molecule is CC(C)n1ncc2c1C(=O)CC1(CCN(C(=O)c3ccc4[nH]c(C(N)=O)cc4c3)CC1)C2. The van der Waals surface area contributed by atoms with E-state index in [4.69, 9.17) is 5.73 Å². The van der Waals surface area contributed by atoms with Gasteiger partial charge in [-0.25, -0.2) is 0 Å². The van der Waals surface area contributed by atoms with Crippen LogP contribution in [-0.2, 0) is 6.42 Å². The third-order valence-electron chi connectivity index (χ3n) is 6.97. The molecule has 1 spiro atoms. The first-order chi connectivity index (χ1) is 15.3. The van der Waals surface area contributed by atoms with Gasteiger partial charge in [-0.15, -0.1) is 0 Å². The van der Waals surface area contributed by atoms with Crippen LogP contribution in [-0.4, -0.2) is 50.4 Å². The predicted octanol–water partition coefficient (Wildman–Crippen LogP) is 3.10. The second-order valence-corrected chi connectivity index (χ2v) is 9.47. The number of nitrogens with zero attached hydrogens (tertiary/aromatic N) is 3. The number of aromatic nitrogens is 3. The zero-order valence-electron chi connectivity index (χ0n) is 18.4. The molecule has 3 aromatic rings. The normalized spacial score (nSPS) is 17.8. The Morgan fingerprint density at radius 3 is 2.59 bits per heavy atom. The Hall–Kier alpha value is -3.42. The van der Waals surface area contributed by atoms with Crippen LogP contribution in [0.4, 0.5) is 0 Å². The van der Waals surface area contributed by atoms with Gasteiger partial charge in [-0.05, 0) is 62.8 Å². The number of Topliss-reactive ketones (excluding diaryl/α,β-unsaturated/α-hetero) is 1. The summed E-state index contributed by atoms with van der Waals surface area (Å²) in [4.78, 5) is 42.4. The van der Waals surface area contributed by atoms with Crippen LogP contribution in [0.15, 0.2) is 30.5 Å². The molecule has 0 unspecified atom stereocenters. The van der Waals surface area contributed by atoms with Gasteiger partial charge in [0.1, 0.15) is 11.4 Å². The fourth-order valence-corrected chi connectivity index (χ4v) is 5.24. The minimum Gasteiger partial charge on any atom is -0.364 e. The highest BCUT2D eigenvalue weighted by molar-refractivity contribution is 6.01. The van der Waals surface area contributed by atoms with Crippen molar-refractivity contribution in [2.24, 2.45) is 11.1 Å². The Kier molecular flexibility index (Phi) is 4.69. The number of carbonyl (C=O) groups is 3. The maximum absolute atomic E-state index is 13.1. The maximum atomic E-state index is 13.1. The van der Waals surface area contributed by atoms with Gasteiger partial charge in [0.25, 0.3) is 11.8 Å². The number of aromatic amines is 1. The molecule has 3 N–H and O–H groups in total. The van der Waals surface area contributed by atoms with Crippen molar-refractivity contribution in [3.05, 3.63) is 53.0 Å². The quantitative estimate of drug-likeness (QED) is 0.660. The van der Waals surface area contributed by atoms with Gasteiger partial charge in [-0.2, -0.15) is 5.10 Å². The smallest absolute Gasteiger partial charge is 0.265 e. The molecule has 0 radical (unpaired) electrons. The highest BCUT2D eigenvalue weighted by atomic mass is 16.2. The molecule has 3 heterocycles. The fraction of sp³-hybridized carbons (Fsp3) is 0.417. The molecule has 0 bridgehead atoms. The molecule has 166 valence electrons. The molecule has 8 nitrogen and oxygen atoms in total. The molecular weight excluding hydrogens is 406 g/mol. The van der Waals surface area contributed by atoms with E-state index in [2.05, 4.69) is 10.1 Å². The van der Waals surface area contributed by atoms with E-state index in [-0.39, 0.29) is 23.1 Å². The molecule has 2 aromatic heterocycles. The second kappa shape index (κ2) is 7.32. The summed E-state index contributed by atoms with van der Waals surface area (Å²) in [5.74, 6) is -0.390.